The van der Waals surface area contributed by atoms with Crippen LogP contribution in [0.4, 0.5) is 0 Å². The first kappa shape index (κ1) is 14.6. The Labute approximate surface area is 146 Å². The van der Waals surface area contributed by atoms with Gasteiger partial charge in [0.25, 0.3) is 0 Å². The van der Waals surface area contributed by atoms with Crippen molar-refractivity contribution in [2.24, 2.45) is 0 Å². The van der Waals surface area contributed by atoms with E-state index in [9.17, 15) is 0 Å². The van der Waals surface area contributed by atoms with Crippen LogP contribution in [0.15, 0.2) is 47.4 Å². The fraction of sp³-hybridized carbons (Fsp3) is 0.0625. The van der Waals surface area contributed by atoms with Gasteiger partial charge >= 0.3 is 0 Å². The molecular weight excluding hydrogens is 351 g/mol. The van der Waals surface area contributed by atoms with E-state index in [-0.39, 0.29) is 0 Å². The Kier molecular flexibility index (Phi) is 3.77. The molecule has 4 rings (SSSR count). The van der Waals surface area contributed by atoms with Crippen molar-refractivity contribution in [1.82, 2.24) is 19.5 Å². The minimum Gasteiger partial charge on any atom is -0.318 e. The predicted molar refractivity (Wildman–Crippen MR) is 94.2 cm³/mol. The summed E-state index contributed by atoms with van der Waals surface area (Å²) in [6.45, 7) is 0.634. The lowest BCUT2D eigenvalue weighted by molar-refractivity contribution is 0.826. The molecule has 0 N–H and O–H groups in total. The van der Waals surface area contributed by atoms with Crippen molar-refractivity contribution in [3.63, 3.8) is 0 Å². The maximum atomic E-state index is 6.10. The smallest absolute Gasteiger partial charge is 0.160 e. The van der Waals surface area contributed by atoms with E-state index in [1.165, 1.54) is 0 Å². The van der Waals surface area contributed by atoms with Crippen LogP contribution in [0.25, 0.3) is 22.6 Å². The van der Waals surface area contributed by atoms with Crippen LogP contribution >= 0.6 is 34.5 Å². The molecule has 0 aliphatic rings. The fourth-order valence-corrected chi connectivity index (χ4v) is 3.27. The molecule has 0 saturated heterocycles. The van der Waals surface area contributed by atoms with Gasteiger partial charge in [-0.1, -0.05) is 29.3 Å². The molecule has 3 aromatic heterocycles. The number of fused-ring (bicyclic) bond motifs is 1. The zero-order valence-electron chi connectivity index (χ0n) is 11.8. The molecule has 0 fully saturated rings. The molecule has 0 radical (unpaired) electrons. The number of hydrogen-bond donors (Lipinski definition) is 0. The molecule has 4 nitrogen and oxygen atoms in total. The van der Waals surface area contributed by atoms with E-state index < -0.39 is 0 Å². The molecule has 0 atom stereocenters. The Morgan fingerprint density at radius 1 is 1.09 bits per heavy atom. The summed E-state index contributed by atoms with van der Waals surface area (Å²) in [5.41, 5.74) is 5.55. The zero-order valence-corrected chi connectivity index (χ0v) is 14.1. The second-order valence-electron chi connectivity index (χ2n) is 5.02. The predicted octanol–water partition coefficient (Wildman–Crippen LogP) is 4.91. The van der Waals surface area contributed by atoms with Crippen LogP contribution in [-0.2, 0) is 6.54 Å². The summed E-state index contributed by atoms with van der Waals surface area (Å²) in [6, 6.07) is 9.46. The second-order valence-corrected chi connectivity index (χ2v) is 6.56. The van der Waals surface area contributed by atoms with Gasteiger partial charge < -0.3 is 4.57 Å². The van der Waals surface area contributed by atoms with Crippen LogP contribution in [0.2, 0.25) is 10.2 Å². The number of rotatable bonds is 3. The third kappa shape index (κ3) is 2.83. The Bertz CT molecular complexity index is 962. The molecule has 0 amide bonds. The Hall–Kier alpha value is -1.95. The molecule has 0 bridgehead atoms. The minimum atomic E-state index is 0.482. The van der Waals surface area contributed by atoms with Gasteiger partial charge in [0.2, 0.25) is 0 Å². The minimum absolute atomic E-state index is 0.482. The number of benzene rings is 1. The van der Waals surface area contributed by atoms with Gasteiger partial charge in [0, 0.05) is 16.6 Å². The molecule has 0 aliphatic carbocycles. The van der Waals surface area contributed by atoms with Crippen molar-refractivity contribution in [2.75, 3.05) is 0 Å². The van der Waals surface area contributed by atoms with Crippen molar-refractivity contribution in [3.05, 3.63) is 63.2 Å². The number of nitrogens with zero attached hydrogens (tertiary/aromatic N) is 4. The van der Waals surface area contributed by atoms with Crippen LogP contribution in [0, 0.1) is 0 Å². The standard InChI is InChI=1S/C16H10Cl2N4S/c17-11-2-3-14-12(5-11)21-16(13-8-23-9-20-13)22(14)7-10-1-4-15(18)19-6-10/h1-6,8-9H,7H2. The average Bonchev–Trinajstić information content (AvgIpc) is 3.17. The lowest BCUT2D eigenvalue weighted by atomic mass is 10.2. The molecule has 1 aromatic carbocycles. The van der Waals surface area contributed by atoms with E-state index in [0.29, 0.717) is 16.7 Å². The van der Waals surface area contributed by atoms with Gasteiger partial charge in [-0.05, 0) is 29.8 Å². The van der Waals surface area contributed by atoms with Crippen molar-refractivity contribution >= 4 is 45.6 Å². The normalized spacial score (nSPS) is 11.2. The van der Waals surface area contributed by atoms with Crippen LogP contribution in [-0.4, -0.2) is 19.5 Å². The third-order valence-electron chi connectivity index (χ3n) is 3.50. The van der Waals surface area contributed by atoms with Crippen LogP contribution in [0.5, 0.6) is 0 Å². The lowest BCUT2D eigenvalue weighted by Crippen LogP contribution is -2.02. The highest BCUT2D eigenvalue weighted by atomic mass is 35.5. The number of imidazole rings is 1. The first-order chi connectivity index (χ1) is 11.2. The zero-order chi connectivity index (χ0) is 15.8. The van der Waals surface area contributed by atoms with Crippen LogP contribution in [0.1, 0.15) is 5.56 Å². The summed E-state index contributed by atoms with van der Waals surface area (Å²) in [7, 11) is 0. The summed E-state index contributed by atoms with van der Waals surface area (Å²) in [6.07, 6.45) is 1.77. The summed E-state index contributed by atoms with van der Waals surface area (Å²) >= 11 is 13.5. The van der Waals surface area contributed by atoms with Crippen LogP contribution < -0.4 is 0 Å². The Morgan fingerprint density at radius 3 is 2.74 bits per heavy atom. The number of pyridine rings is 1. The molecule has 0 spiro atoms. The average molecular weight is 361 g/mol. The van der Waals surface area contributed by atoms with E-state index in [0.717, 1.165) is 28.1 Å². The molecule has 114 valence electrons. The van der Waals surface area contributed by atoms with Gasteiger partial charge in [-0.15, -0.1) is 11.3 Å². The SMILES string of the molecule is Clc1ccc2c(c1)nc(-c1cscn1)n2Cc1ccc(Cl)nc1. The molecule has 0 saturated carbocycles. The molecule has 3 heterocycles. The first-order valence-electron chi connectivity index (χ1n) is 6.85. The Morgan fingerprint density at radius 2 is 2.00 bits per heavy atom. The van der Waals surface area contributed by atoms with Crippen molar-refractivity contribution in [1.29, 1.82) is 0 Å². The monoisotopic (exact) mass is 360 g/mol. The molecule has 7 heteroatoms. The summed E-state index contributed by atoms with van der Waals surface area (Å²) in [5, 5.41) is 3.13. The first-order valence-corrected chi connectivity index (χ1v) is 8.55. The number of halogens is 2. The van der Waals surface area contributed by atoms with E-state index in [2.05, 4.69) is 14.5 Å². The third-order valence-corrected chi connectivity index (χ3v) is 4.55. The van der Waals surface area contributed by atoms with Gasteiger partial charge in [-0.3, -0.25) is 0 Å². The number of aromatic nitrogens is 4. The van der Waals surface area contributed by atoms with Gasteiger partial charge in [0.05, 0.1) is 23.1 Å². The van der Waals surface area contributed by atoms with E-state index in [1.54, 1.807) is 29.1 Å². The molecular formula is C16H10Cl2N4S. The van der Waals surface area contributed by atoms with Gasteiger partial charge in [-0.25, -0.2) is 15.0 Å². The second kappa shape index (κ2) is 5.92. The summed E-state index contributed by atoms with van der Waals surface area (Å²) in [5.74, 6) is 0.818. The quantitative estimate of drug-likeness (QED) is 0.487. The lowest BCUT2D eigenvalue weighted by Gasteiger charge is -2.08. The molecule has 0 unspecified atom stereocenters. The van der Waals surface area contributed by atoms with Crippen LogP contribution in [0.3, 0.4) is 0 Å². The number of thiazole rings is 1. The Balaban J connectivity index is 1.88. The summed E-state index contributed by atoms with van der Waals surface area (Å²) < 4.78 is 2.12. The van der Waals surface area contributed by atoms with Crippen molar-refractivity contribution in [2.45, 2.75) is 6.54 Å². The molecule has 23 heavy (non-hydrogen) atoms. The van der Waals surface area contributed by atoms with Gasteiger partial charge in [0.1, 0.15) is 10.8 Å². The number of hydrogen-bond acceptors (Lipinski definition) is 4. The highest BCUT2D eigenvalue weighted by Crippen LogP contribution is 2.27. The fourth-order valence-electron chi connectivity index (χ4n) is 2.46. The van der Waals surface area contributed by atoms with Gasteiger partial charge in [0.15, 0.2) is 5.82 Å². The van der Waals surface area contributed by atoms with E-state index >= 15 is 0 Å². The van der Waals surface area contributed by atoms with Crippen molar-refractivity contribution < 1.29 is 0 Å². The highest BCUT2D eigenvalue weighted by molar-refractivity contribution is 7.07. The summed E-state index contributed by atoms with van der Waals surface area (Å²) in [4.78, 5) is 13.2. The van der Waals surface area contributed by atoms with E-state index in [4.69, 9.17) is 28.2 Å². The maximum Gasteiger partial charge on any atom is 0.160 e. The molecule has 0 aliphatic heterocycles. The van der Waals surface area contributed by atoms with Crippen molar-refractivity contribution in [3.8, 4) is 11.5 Å². The van der Waals surface area contributed by atoms with Gasteiger partial charge in [-0.2, -0.15) is 0 Å². The molecule has 4 aromatic rings. The topological polar surface area (TPSA) is 43.6 Å². The maximum absolute atomic E-state index is 6.10. The highest BCUT2D eigenvalue weighted by Gasteiger charge is 2.15. The largest absolute Gasteiger partial charge is 0.318 e. The van der Waals surface area contributed by atoms with E-state index in [1.807, 2.05) is 29.6 Å².